The molecule has 0 aliphatic heterocycles. The quantitative estimate of drug-likeness (QED) is 0.702. The van der Waals surface area contributed by atoms with E-state index in [-0.39, 0.29) is 5.75 Å². The van der Waals surface area contributed by atoms with E-state index >= 15 is 0 Å². The third kappa shape index (κ3) is 1.67. The van der Waals surface area contributed by atoms with Crippen molar-refractivity contribution in [3.8, 4) is 0 Å². The minimum Gasteiger partial charge on any atom is -0.224 e. The Kier molecular flexibility index (Phi) is 2.52. The maximum Gasteiger partial charge on any atom is 0.178 e. The molecule has 0 saturated carbocycles. The second kappa shape index (κ2) is 3.27. The average Bonchev–Trinajstić information content (AvgIpc) is 2.05. The molecule has 1 rings (SSSR count). The first-order valence-electron chi connectivity index (χ1n) is 3.86. The molecule has 12 heavy (non-hydrogen) atoms. The summed E-state index contributed by atoms with van der Waals surface area (Å²) < 4.78 is 22.8. The Morgan fingerprint density at radius 2 is 1.83 bits per heavy atom. The van der Waals surface area contributed by atoms with Gasteiger partial charge in [-0.25, -0.2) is 8.42 Å². The Labute approximate surface area is 73.2 Å². The van der Waals surface area contributed by atoms with Crippen LogP contribution in [-0.4, -0.2) is 14.2 Å². The fourth-order valence-corrected chi connectivity index (χ4v) is 2.22. The second-order valence-corrected chi connectivity index (χ2v) is 4.92. The van der Waals surface area contributed by atoms with Crippen LogP contribution < -0.4 is 0 Å². The van der Waals surface area contributed by atoms with E-state index in [1.807, 2.05) is 19.1 Å². The van der Waals surface area contributed by atoms with Crippen LogP contribution in [0, 0.1) is 6.92 Å². The molecule has 0 aliphatic carbocycles. The van der Waals surface area contributed by atoms with Crippen LogP contribution in [0.15, 0.2) is 29.2 Å². The van der Waals surface area contributed by atoms with Crippen molar-refractivity contribution in [1.29, 1.82) is 0 Å². The number of hydrogen-bond acceptors (Lipinski definition) is 2. The zero-order valence-corrected chi connectivity index (χ0v) is 8.06. The van der Waals surface area contributed by atoms with Gasteiger partial charge in [-0.05, 0) is 18.6 Å². The fraction of sp³-hybridized carbons (Fsp3) is 0.333. The van der Waals surface area contributed by atoms with Crippen LogP contribution in [0.2, 0.25) is 0 Å². The highest BCUT2D eigenvalue weighted by Crippen LogP contribution is 2.14. The monoisotopic (exact) mass is 184 g/mol. The van der Waals surface area contributed by atoms with Gasteiger partial charge in [0.2, 0.25) is 0 Å². The summed E-state index contributed by atoms with van der Waals surface area (Å²) in [7, 11) is -3.03. The van der Waals surface area contributed by atoms with Crippen molar-refractivity contribution in [3.05, 3.63) is 29.8 Å². The average molecular weight is 184 g/mol. The molecule has 0 radical (unpaired) electrons. The van der Waals surface area contributed by atoms with Gasteiger partial charge in [0.1, 0.15) is 0 Å². The van der Waals surface area contributed by atoms with Crippen LogP contribution in [0.1, 0.15) is 12.5 Å². The Morgan fingerprint density at radius 1 is 1.25 bits per heavy atom. The molecule has 0 bridgehead atoms. The lowest BCUT2D eigenvalue weighted by atomic mass is 10.2. The molecular weight excluding hydrogens is 172 g/mol. The molecule has 2 nitrogen and oxygen atoms in total. The van der Waals surface area contributed by atoms with Crippen molar-refractivity contribution in [2.24, 2.45) is 0 Å². The standard InChI is InChI=1S/C9H12O2S/c1-3-12(10,11)9-7-5-4-6-8(9)2/h4-7H,3H2,1-2H3. The summed E-state index contributed by atoms with van der Waals surface area (Å²) in [6.45, 7) is 3.46. The zero-order chi connectivity index (χ0) is 9.19. The summed E-state index contributed by atoms with van der Waals surface area (Å²) >= 11 is 0. The predicted molar refractivity (Wildman–Crippen MR) is 48.9 cm³/mol. The van der Waals surface area contributed by atoms with Crippen LogP contribution in [0.5, 0.6) is 0 Å². The molecule has 0 spiro atoms. The van der Waals surface area contributed by atoms with Crippen molar-refractivity contribution >= 4 is 9.84 Å². The second-order valence-electron chi connectivity index (χ2n) is 2.67. The van der Waals surface area contributed by atoms with Gasteiger partial charge in [0, 0.05) is 0 Å². The topological polar surface area (TPSA) is 34.1 Å². The first-order valence-corrected chi connectivity index (χ1v) is 5.51. The van der Waals surface area contributed by atoms with Gasteiger partial charge in [-0.15, -0.1) is 0 Å². The molecule has 3 heteroatoms. The highest BCUT2D eigenvalue weighted by atomic mass is 32.2. The van der Waals surface area contributed by atoms with E-state index in [2.05, 4.69) is 0 Å². The van der Waals surface area contributed by atoms with E-state index in [4.69, 9.17) is 0 Å². The minimum atomic E-state index is -3.03. The lowest BCUT2D eigenvalue weighted by Crippen LogP contribution is -2.05. The third-order valence-corrected chi connectivity index (χ3v) is 3.70. The van der Waals surface area contributed by atoms with Gasteiger partial charge in [-0.3, -0.25) is 0 Å². The van der Waals surface area contributed by atoms with Gasteiger partial charge in [0.05, 0.1) is 10.6 Å². The van der Waals surface area contributed by atoms with E-state index in [9.17, 15) is 8.42 Å². The van der Waals surface area contributed by atoms with Crippen molar-refractivity contribution in [1.82, 2.24) is 0 Å². The highest BCUT2D eigenvalue weighted by molar-refractivity contribution is 7.91. The predicted octanol–water partition coefficient (Wildman–Crippen LogP) is 1.79. The van der Waals surface area contributed by atoms with Crippen molar-refractivity contribution in [2.45, 2.75) is 18.7 Å². The molecule has 1 aromatic carbocycles. The van der Waals surface area contributed by atoms with E-state index in [1.165, 1.54) is 0 Å². The summed E-state index contributed by atoms with van der Waals surface area (Å²) in [6, 6.07) is 7.04. The van der Waals surface area contributed by atoms with Crippen molar-refractivity contribution in [2.75, 3.05) is 5.75 Å². The van der Waals surface area contributed by atoms with Crippen LogP contribution in [0.3, 0.4) is 0 Å². The summed E-state index contributed by atoms with van der Waals surface area (Å²) in [6.07, 6.45) is 0. The molecule has 0 aliphatic rings. The van der Waals surface area contributed by atoms with Crippen molar-refractivity contribution < 1.29 is 8.42 Å². The third-order valence-electron chi connectivity index (χ3n) is 1.81. The number of aryl methyl sites for hydroxylation is 1. The van der Waals surface area contributed by atoms with Gasteiger partial charge >= 0.3 is 0 Å². The van der Waals surface area contributed by atoms with E-state index < -0.39 is 9.84 Å². The van der Waals surface area contributed by atoms with Gasteiger partial charge in [-0.2, -0.15) is 0 Å². The maximum absolute atomic E-state index is 11.4. The molecule has 0 heterocycles. The van der Waals surface area contributed by atoms with E-state index in [0.717, 1.165) is 5.56 Å². The van der Waals surface area contributed by atoms with Crippen LogP contribution in [0.4, 0.5) is 0 Å². The highest BCUT2D eigenvalue weighted by Gasteiger charge is 2.12. The number of sulfone groups is 1. The molecule has 0 fully saturated rings. The normalized spacial score (nSPS) is 11.5. The molecule has 0 saturated heterocycles. The Bertz CT molecular complexity index is 366. The number of benzene rings is 1. The Morgan fingerprint density at radius 3 is 2.33 bits per heavy atom. The summed E-state index contributed by atoms with van der Waals surface area (Å²) in [5, 5.41) is 0. The van der Waals surface area contributed by atoms with E-state index in [0.29, 0.717) is 4.90 Å². The Hall–Kier alpha value is -0.830. The van der Waals surface area contributed by atoms with Gasteiger partial charge in [0.25, 0.3) is 0 Å². The smallest absolute Gasteiger partial charge is 0.178 e. The molecular formula is C9H12O2S. The van der Waals surface area contributed by atoms with Crippen molar-refractivity contribution in [3.63, 3.8) is 0 Å². The summed E-state index contributed by atoms with van der Waals surface area (Å²) in [4.78, 5) is 0.451. The summed E-state index contributed by atoms with van der Waals surface area (Å²) in [5.41, 5.74) is 0.819. The van der Waals surface area contributed by atoms with Gasteiger partial charge in [0.15, 0.2) is 9.84 Å². The lowest BCUT2D eigenvalue weighted by molar-refractivity contribution is 0.596. The largest absolute Gasteiger partial charge is 0.224 e. The number of rotatable bonds is 2. The molecule has 0 N–H and O–H groups in total. The van der Waals surface area contributed by atoms with Gasteiger partial charge in [-0.1, -0.05) is 25.1 Å². The first-order chi connectivity index (χ1) is 5.58. The van der Waals surface area contributed by atoms with E-state index in [1.54, 1.807) is 19.1 Å². The molecule has 0 amide bonds. The molecule has 0 aromatic heterocycles. The van der Waals surface area contributed by atoms with Gasteiger partial charge < -0.3 is 0 Å². The number of hydrogen-bond donors (Lipinski definition) is 0. The van der Waals surface area contributed by atoms with Crippen LogP contribution in [0.25, 0.3) is 0 Å². The molecule has 66 valence electrons. The van der Waals surface area contributed by atoms with Crippen LogP contribution in [-0.2, 0) is 9.84 Å². The lowest BCUT2D eigenvalue weighted by Gasteiger charge is -2.03. The van der Waals surface area contributed by atoms with Crippen LogP contribution >= 0.6 is 0 Å². The SMILES string of the molecule is CCS(=O)(=O)c1ccccc1C. The maximum atomic E-state index is 11.4. The Balaban J connectivity index is 3.30. The zero-order valence-electron chi connectivity index (χ0n) is 7.24. The summed E-state index contributed by atoms with van der Waals surface area (Å²) in [5.74, 6) is 0.165. The molecule has 1 aromatic rings. The molecule has 0 atom stereocenters. The fourth-order valence-electron chi connectivity index (χ4n) is 1.06. The first kappa shape index (κ1) is 9.26. The minimum absolute atomic E-state index is 0.165. The molecule has 0 unspecified atom stereocenters.